The average molecular weight is 384 g/mol. The zero-order valence-electron chi connectivity index (χ0n) is 15.5. The van der Waals surface area contributed by atoms with Crippen LogP contribution in [0.4, 0.5) is 0 Å². The number of Topliss-reactive ketones (excluding diaryl/α,β-unsaturated/α-hetero) is 1. The fraction of sp³-hybridized carbons (Fsp3) is 0.526. The largest absolute Gasteiger partial charge is 0.469 e. The number of ether oxygens (including phenoxy) is 2. The molecule has 0 heterocycles. The van der Waals surface area contributed by atoms with Crippen LogP contribution in [0, 0.1) is 5.92 Å². The molecule has 1 unspecified atom stereocenters. The van der Waals surface area contributed by atoms with Gasteiger partial charge in [0.2, 0.25) is 5.91 Å². The first kappa shape index (κ1) is 22.1. The van der Waals surface area contributed by atoms with Crippen LogP contribution in [0.15, 0.2) is 24.3 Å². The predicted molar refractivity (Wildman–Crippen MR) is 99.3 cm³/mol. The van der Waals surface area contributed by atoms with Crippen molar-refractivity contribution in [1.29, 1.82) is 0 Å². The minimum atomic E-state index is -0.432. The minimum Gasteiger partial charge on any atom is -0.469 e. The number of ketones is 1. The average Bonchev–Trinajstić information content (AvgIpc) is 2.64. The van der Waals surface area contributed by atoms with Crippen LogP contribution in [0.2, 0.25) is 5.02 Å². The van der Waals surface area contributed by atoms with Crippen LogP contribution in [0.3, 0.4) is 0 Å². The molecule has 26 heavy (non-hydrogen) atoms. The Kier molecular flexibility index (Phi) is 9.91. The molecule has 0 bridgehead atoms. The standard InChI is InChI=1S/C19H26ClNO5/c1-14(19(24)26-3)13-21(11-4-12-25-2)18(23)10-9-17(22)15-5-7-16(20)8-6-15/h5-8,14H,4,9-13H2,1-3H3. The van der Waals surface area contributed by atoms with Gasteiger partial charge in [-0.25, -0.2) is 0 Å². The van der Waals surface area contributed by atoms with E-state index in [1.54, 1.807) is 43.2 Å². The molecule has 7 heteroatoms. The second-order valence-corrected chi connectivity index (χ2v) is 6.48. The van der Waals surface area contributed by atoms with Crippen LogP contribution < -0.4 is 0 Å². The van der Waals surface area contributed by atoms with Gasteiger partial charge in [0.05, 0.1) is 13.0 Å². The van der Waals surface area contributed by atoms with E-state index < -0.39 is 5.92 Å². The summed E-state index contributed by atoms with van der Waals surface area (Å²) in [6, 6.07) is 6.58. The van der Waals surface area contributed by atoms with Crippen LogP contribution in [0.5, 0.6) is 0 Å². The third-order valence-electron chi connectivity index (χ3n) is 3.96. The first-order chi connectivity index (χ1) is 12.4. The minimum absolute atomic E-state index is 0.0856. The van der Waals surface area contributed by atoms with E-state index >= 15 is 0 Å². The Hall–Kier alpha value is -1.92. The number of methoxy groups -OCH3 is 2. The summed E-state index contributed by atoms with van der Waals surface area (Å²) in [5, 5.41) is 0.554. The van der Waals surface area contributed by atoms with Crippen molar-refractivity contribution in [1.82, 2.24) is 4.90 Å². The van der Waals surface area contributed by atoms with Gasteiger partial charge in [-0.3, -0.25) is 14.4 Å². The molecule has 0 saturated heterocycles. The van der Waals surface area contributed by atoms with E-state index in [1.165, 1.54) is 7.11 Å². The Balaban J connectivity index is 2.63. The van der Waals surface area contributed by atoms with Gasteiger partial charge in [-0.1, -0.05) is 18.5 Å². The number of rotatable bonds is 11. The Bertz CT molecular complexity index is 602. The number of carbonyl (C=O) groups is 3. The lowest BCUT2D eigenvalue weighted by Gasteiger charge is -2.25. The highest BCUT2D eigenvalue weighted by Crippen LogP contribution is 2.13. The molecule has 0 aliphatic carbocycles. The third-order valence-corrected chi connectivity index (χ3v) is 4.21. The number of carbonyl (C=O) groups excluding carboxylic acids is 3. The van der Waals surface area contributed by atoms with Crippen molar-refractivity contribution in [3.8, 4) is 0 Å². The molecule has 1 amide bonds. The van der Waals surface area contributed by atoms with E-state index in [0.717, 1.165) is 0 Å². The van der Waals surface area contributed by atoms with Gasteiger partial charge in [-0.2, -0.15) is 0 Å². The SMILES string of the molecule is COCCCN(CC(C)C(=O)OC)C(=O)CCC(=O)c1ccc(Cl)cc1. The summed E-state index contributed by atoms with van der Waals surface area (Å²) < 4.78 is 9.73. The van der Waals surface area contributed by atoms with Crippen LogP contribution in [0.25, 0.3) is 0 Å². The number of hydrogen-bond donors (Lipinski definition) is 0. The molecule has 0 aromatic heterocycles. The highest BCUT2D eigenvalue weighted by Gasteiger charge is 2.22. The van der Waals surface area contributed by atoms with Crippen molar-refractivity contribution in [3.63, 3.8) is 0 Å². The molecule has 1 aromatic rings. The van der Waals surface area contributed by atoms with Crippen LogP contribution in [-0.4, -0.2) is 56.5 Å². The van der Waals surface area contributed by atoms with Crippen molar-refractivity contribution in [2.75, 3.05) is 33.9 Å². The van der Waals surface area contributed by atoms with E-state index in [-0.39, 0.29) is 37.0 Å². The Morgan fingerprint density at radius 2 is 1.77 bits per heavy atom. The number of halogens is 1. The molecule has 144 valence electrons. The van der Waals surface area contributed by atoms with Crippen molar-refractivity contribution >= 4 is 29.3 Å². The number of esters is 1. The topological polar surface area (TPSA) is 72.9 Å². The molecule has 0 saturated carbocycles. The van der Waals surface area contributed by atoms with E-state index in [4.69, 9.17) is 21.1 Å². The van der Waals surface area contributed by atoms with Gasteiger partial charge >= 0.3 is 5.97 Å². The van der Waals surface area contributed by atoms with Gasteiger partial charge < -0.3 is 14.4 Å². The van der Waals surface area contributed by atoms with Crippen molar-refractivity contribution in [3.05, 3.63) is 34.9 Å². The molecule has 0 N–H and O–H groups in total. The maximum atomic E-state index is 12.5. The molecule has 1 atom stereocenters. The molecule has 0 fully saturated rings. The summed E-state index contributed by atoms with van der Waals surface area (Å²) in [6.45, 7) is 2.94. The summed E-state index contributed by atoms with van der Waals surface area (Å²) in [6.07, 6.45) is 0.845. The lowest BCUT2D eigenvalue weighted by Crippen LogP contribution is -2.38. The second-order valence-electron chi connectivity index (χ2n) is 6.04. The maximum Gasteiger partial charge on any atom is 0.310 e. The summed E-state index contributed by atoms with van der Waals surface area (Å²) in [4.78, 5) is 38.0. The van der Waals surface area contributed by atoms with Crippen molar-refractivity contribution in [2.24, 2.45) is 5.92 Å². The van der Waals surface area contributed by atoms with Gasteiger partial charge in [-0.15, -0.1) is 0 Å². The van der Waals surface area contributed by atoms with Crippen LogP contribution in [-0.2, 0) is 19.1 Å². The molecule has 0 spiro atoms. The zero-order valence-corrected chi connectivity index (χ0v) is 16.3. The fourth-order valence-electron chi connectivity index (χ4n) is 2.48. The summed E-state index contributed by atoms with van der Waals surface area (Å²) in [5.41, 5.74) is 0.524. The van der Waals surface area contributed by atoms with Gasteiger partial charge in [0.25, 0.3) is 0 Å². The van der Waals surface area contributed by atoms with Crippen LogP contribution >= 0.6 is 11.6 Å². The molecule has 1 aromatic carbocycles. The molecular weight excluding hydrogens is 358 g/mol. The van der Waals surface area contributed by atoms with Gasteiger partial charge in [0.1, 0.15) is 0 Å². The summed E-state index contributed by atoms with van der Waals surface area (Å²) in [7, 11) is 2.91. The van der Waals surface area contributed by atoms with Gasteiger partial charge in [0.15, 0.2) is 5.78 Å². The molecule has 1 rings (SSSR count). The van der Waals surface area contributed by atoms with E-state index in [1.807, 2.05) is 0 Å². The molecular formula is C19H26ClNO5. The van der Waals surface area contributed by atoms with Crippen molar-refractivity contribution < 1.29 is 23.9 Å². The van der Waals surface area contributed by atoms with Crippen LogP contribution in [0.1, 0.15) is 36.5 Å². The highest BCUT2D eigenvalue weighted by atomic mass is 35.5. The summed E-state index contributed by atoms with van der Waals surface area (Å²) >= 11 is 5.81. The van der Waals surface area contributed by atoms with Gasteiger partial charge in [-0.05, 0) is 30.7 Å². The first-order valence-corrected chi connectivity index (χ1v) is 8.90. The maximum absolute atomic E-state index is 12.5. The third kappa shape index (κ3) is 7.54. The van der Waals surface area contributed by atoms with E-state index in [2.05, 4.69) is 0 Å². The predicted octanol–water partition coefficient (Wildman–Crippen LogP) is 2.98. The fourth-order valence-corrected chi connectivity index (χ4v) is 2.61. The molecule has 0 aliphatic heterocycles. The molecule has 0 aliphatic rings. The number of nitrogens with zero attached hydrogens (tertiary/aromatic N) is 1. The molecule has 6 nitrogen and oxygen atoms in total. The smallest absolute Gasteiger partial charge is 0.310 e. The summed E-state index contributed by atoms with van der Waals surface area (Å²) in [5.74, 6) is -1.09. The van der Waals surface area contributed by atoms with E-state index in [9.17, 15) is 14.4 Å². The quantitative estimate of drug-likeness (QED) is 0.333. The zero-order chi connectivity index (χ0) is 19.5. The second kappa shape index (κ2) is 11.6. The lowest BCUT2D eigenvalue weighted by molar-refractivity contribution is -0.146. The Morgan fingerprint density at radius 1 is 1.12 bits per heavy atom. The van der Waals surface area contributed by atoms with E-state index in [0.29, 0.717) is 30.2 Å². The Labute approximate surface area is 159 Å². The Morgan fingerprint density at radius 3 is 2.35 bits per heavy atom. The first-order valence-electron chi connectivity index (χ1n) is 8.52. The number of benzene rings is 1. The monoisotopic (exact) mass is 383 g/mol. The van der Waals surface area contributed by atoms with Gasteiger partial charge in [0, 0.05) is 50.2 Å². The normalized spacial score (nSPS) is 11.7. The van der Waals surface area contributed by atoms with Crippen molar-refractivity contribution in [2.45, 2.75) is 26.2 Å². The lowest BCUT2D eigenvalue weighted by atomic mass is 10.1. The highest BCUT2D eigenvalue weighted by molar-refractivity contribution is 6.30. The number of amides is 1. The number of hydrogen-bond acceptors (Lipinski definition) is 5. The molecule has 0 radical (unpaired) electrons.